The lowest BCUT2D eigenvalue weighted by Gasteiger charge is -2.07. The summed E-state index contributed by atoms with van der Waals surface area (Å²) in [7, 11) is 1.36. The summed E-state index contributed by atoms with van der Waals surface area (Å²) < 4.78 is 8.76. The maximum Gasteiger partial charge on any atom is 0.340 e. The van der Waals surface area contributed by atoms with Crippen molar-refractivity contribution in [2.75, 3.05) is 7.11 Å². The van der Waals surface area contributed by atoms with Crippen LogP contribution in [0, 0.1) is 13.8 Å². The third-order valence-corrected chi connectivity index (χ3v) is 5.00. The molecule has 1 N–H and O–H groups in total. The van der Waals surface area contributed by atoms with Crippen LogP contribution >= 0.6 is 0 Å². The molecule has 6 heteroatoms. The lowest BCUT2D eigenvalue weighted by atomic mass is 10.1. The molecule has 0 bridgehead atoms. The van der Waals surface area contributed by atoms with Crippen LogP contribution in [0.1, 0.15) is 31.8 Å². The normalized spacial score (nSPS) is 11.2. The summed E-state index contributed by atoms with van der Waals surface area (Å²) in [4.78, 5) is 24.3. The number of aromatic nitrogens is 2. The number of fused-ring (bicyclic) bond motifs is 2. The van der Waals surface area contributed by atoms with Gasteiger partial charge in [0.1, 0.15) is 0 Å². The van der Waals surface area contributed by atoms with E-state index >= 15 is 0 Å². The van der Waals surface area contributed by atoms with Gasteiger partial charge in [-0.25, -0.2) is 9.59 Å². The third-order valence-electron chi connectivity index (χ3n) is 5.00. The van der Waals surface area contributed by atoms with Crippen molar-refractivity contribution in [2.24, 2.45) is 0 Å². The molecular formula is C21H18N2O4. The van der Waals surface area contributed by atoms with Crippen molar-refractivity contribution in [3.8, 4) is 11.4 Å². The highest BCUT2D eigenvalue weighted by Gasteiger charge is 2.27. The zero-order valence-electron chi connectivity index (χ0n) is 15.2. The number of ether oxygens (including phenoxy) is 1. The maximum absolute atomic E-state index is 12.4. The van der Waals surface area contributed by atoms with Gasteiger partial charge in [-0.1, -0.05) is 12.1 Å². The van der Waals surface area contributed by atoms with E-state index in [1.54, 1.807) is 13.0 Å². The molecule has 0 aliphatic rings. The number of carboxylic acid groups (broad SMARTS) is 1. The molecule has 0 spiro atoms. The molecule has 0 saturated carbocycles. The monoisotopic (exact) mass is 362 g/mol. The van der Waals surface area contributed by atoms with Crippen LogP contribution < -0.4 is 0 Å². The molecule has 27 heavy (non-hydrogen) atoms. The molecule has 6 nitrogen and oxygen atoms in total. The van der Waals surface area contributed by atoms with Gasteiger partial charge in [0.2, 0.25) is 0 Å². The van der Waals surface area contributed by atoms with E-state index in [1.165, 1.54) is 7.11 Å². The lowest BCUT2D eigenvalue weighted by molar-refractivity contribution is 0.0601. The van der Waals surface area contributed by atoms with E-state index in [9.17, 15) is 14.7 Å². The van der Waals surface area contributed by atoms with Gasteiger partial charge in [-0.3, -0.25) is 0 Å². The second-order valence-corrected chi connectivity index (χ2v) is 6.41. The number of pyridine rings is 2. The molecule has 0 amide bonds. The van der Waals surface area contributed by atoms with Gasteiger partial charge in [-0.2, -0.15) is 0 Å². The van der Waals surface area contributed by atoms with Crippen molar-refractivity contribution < 1.29 is 19.4 Å². The fraction of sp³-hybridized carbons (Fsp3) is 0.143. The Bertz CT molecular complexity index is 1230. The van der Waals surface area contributed by atoms with Gasteiger partial charge in [0.25, 0.3) is 0 Å². The van der Waals surface area contributed by atoms with Gasteiger partial charge >= 0.3 is 11.9 Å². The number of nitrogens with zero attached hydrogens (tertiary/aromatic N) is 2. The van der Waals surface area contributed by atoms with E-state index < -0.39 is 11.9 Å². The number of hydrogen-bond donors (Lipinski definition) is 1. The molecule has 0 saturated heterocycles. The Labute approximate surface area is 155 Å². The van der Waals surface area contributed by atoms with Crippen molar-refractivity contribution in [2.45, 2.75) is 13.8 Å². The van der Waals surface area contributed by atoms with Crippen LogP contribution in [0.4, 0.5) is 0 Å². The Morgan fingerprint density at radius 1 is 0.852 bits per heavy atom. The van der Waals surface area contributed by atoms with E-state index in [-0.39, 0.29) is 5.56 Å². The van der Waals surface area contributed by atoms with Gasteiger partial charge < -0.3 is 18.6 Å². The molecule has 4 aromatic rings. The Balaban J connectivity index is 2.20. The minimum absolute atomic E-state index is 0.260. The fourth-order valence-corrected chi connectivity index (χ4v) is 3.88. The zero-order valence-corrected chi connectivity index (χ0v) is 15.2. The van der Waals surface area contributed by atoms with Crippen LogP contribution in [-0.4, -0.2) is 33.0 Å². The Morgan fingerprint density at radius 3 is 1.81 bits per heavy atom. The predicted molar refractivity (Wildman–Crippen MR) is 102 cm³/mol. The second-order valence-electron chi connectivity index (χ2n) is 6.41. The Kier molecular flexibility index (Phi) is 3.77. The summed E-state index contributed by atoms with van der Waals surface area (Å²) in [6.07, 6.45) is 3.70. The van der Waals surface area contributed by atoms with Gasteiger partial charge in [-0.15, -0.1) is 0 Å². The van der Waals surface area contributed by atoms with Gasteiger partial charge in [0.15, 0.2) is 0 Å². The number of methoxy groups -OCH3 is 1. The molecule has 4 rings (SSSR count). The molecule has 0 fully saturated rings. The maximum atomic E-state index is 12.4. The summed E-state index contributed by atoms with van der Waals surface area (Å²) in [5.41, 5.74) is 4.99. The molecule has 0 aliphatic heterocycles. The van der Waals surface area contributed by atoms with E-state index in [0.717, 1.165) is 22.5 Å². The van der Waals surface area contributed by atoms with Crippen LogP contribution in [0.5, 0.6) is 0 Å². The topological polar surface area (TPSA) is 72.4 Å². The van der Waals surface area contributed by atoms with Gasteiger partial charge in [-0.05, 0) is 49.2 Å². The summed E-state index contributed by atoms with van der Waals surface area (Å²) >= 11 is 0. The van der Waals surface area contributed by atoms with Crippen LogP contribution in [-0.2, 0) is 4.74 Å². The summed E-state index contributed by atoms with van der Waals surface area (Å²) in [5, 5.41) is 9.74. The number of carboxylic acids is 1. The first-order valence-corrected chi connectivity index (χ1v) is 8.48. The van der Waals surface area contributed by atoms with E-state index in [0.29, 0.717) is 16.6 Å². The smallest absolute Gasteiger partial charge is 0.340 e. The molecule has 0 aliphatic carbocycles. The van der Waals surface area contributed by atoms with Gasteiger partial charge in [0, 0.05) is 12.4 Å². The molecular weight excluding hydrogens is 344 g/mol. The van der Waals surface area contributed by atoms with Crippen LogP contribution in [0.15, 0.2) is 48.8 Å². The third kappa shape index (κ3) is 2.26. The van der Waals surface area contributed by atoms with Crippen LogP contribution in [0.25, 0.3) is 22.4 Å². The number of hydrogen-bond acceptors (Lipinski definition) is 3. The number of rotatable bonds is 3. The lowest BCUT2D eigenvalue weighted by Crippen LogP contribution is -2.02. The summed E-state index contributed by atoms with van der Waals surface area (Å²) in [6.45, 7) is 3.65. The van der Waals surface area contributed by atoms with E-state index in [2.05, 4.69) is 0 Å². The van der Waals surface area contributed by atoms with Gasteiger partial charge in [0.05, 0.1) is 40.7 Å². The van der Waals surface area contributed by atoms with Crippen LogP contribution in [0.2, 0.25) is 0 Å². The number of carbonyl (C=O) groups is 2. The van der Waals surface area contributed by atoms with Crippen molar-refractivity contribution >= 4 is 23.0 Å². The highest BCUT2D eigenvalue weighted by molar-refractivity contribution is 6.04. The largest absolute Gasteiger partial charge is 0.478 e. The van der Waals surface area contributed by atoms with Crippen molar-refractivity contribution in [3.05, 3.63) is 71.0 Å². The minimum atomic E-state index is -0.978. The molecule has 0 aromatic carbocycles. The molecule has 4 aromatic heterocycles. The molecule has 136 valence electrons. The fourth-order valence-electron chi connectivity index (χ4n) is 3.88. The highest BCUT2D eigenvalue weighted by Crippen LogP contribution is 2.37. The first kappa shape index (κ1) is 16.9. The van der Waals surface area contributed by atoms with Crippen molar-refractivity contribution in [1.29, 1.82) is 0 Å². The Hall–Kier alpha value is -3.54. The second kappa shape index (κ2) is 6.02. The number of esters is 1. The summed E-state index contributed by atoms with van der Waals surface area (Å²) in [6, 6.07) is 11.0. The zero-order chi connectivity index (χ0) is 19.3. The predicted octanol–water partition coefficient (Wildman–Crippen LogP) is 3.96. The van der Waals surface area contributed by atoms with Crippen molar-refractivity contribution in [3.63, 3.8) is 0 Å². The SMILES string of the molecule is COC(=O)c1c(C)c(-c2c(C)c(C(=O)O)c3ccccn23)n2ccccc12. The van der Waals surface area contributed by atoms with E-state index in [1.807, 2.05) is 58.5 Å². The molecule has 0 radical (unpaired) electrons. The molecule has 4 heterocycles. The highest BCUT2D eigenvalue weighted by atomic mass is 16.5. The first-order chi connectivity index (χ1) is 13.0. The van der Waals surface area contributed by atoms with Crippen molar-refractivity contribution in [1.82, 2.24) is 8.80 Å². The molecule has 0 unspecified atom stereocenters. The number of carbonyl (C=O) groups excluding carboxylic acids is 1. The standard InChI is InChI=1S/C21H18N2O4/c1-12-16(20(24)25)14-8-4-6-10-22(14)18(12)19-13(2)17(21(26)27-3)15-9-5-7-11-23(15)19/h4-11H,1-3H3,(H,24,25). The minimum Gasteiger partial charge on any atom is -0.478 e. The average Bonchev–Trinajstić information content (AvgIpc) is 3.11. The Morgan fingerprint density at radius 2 is 1.33 bits per heavy atom. The first-order valence-electron chi connectivity index (χ1n) is 8.48. The average molecular weight is 362 g/mol. The van der Waals surface area contributed by atoms with E-state index in [4.69, 9.17) is 4.74 Å². The summed E-state index contributed by atoms with van der Waals surface area (Å²) in [5.74, 6) is -1.39. The van der Waals surface area contributed by atoms with Crippen LogP contribution in [0.3, 0.4) is 0 Å². The number of aromatic carboxylic acids is 1. The molecule has 0 atom stereocenters. The quantitative estimate of drug-likeness (QED) is 0.560.